The van der Waals surface area contributed by atoms with E-state index in [1.165, 1.54) is 28.2 Å². The Kier molecular flexibility index (Phi) is 6.28. The van der Waals surface area contributed by atoms with Crippen LogP contribution in [0.3, 0.4) is 0 Å². The average Bonchev–Trinajstić information content (AvgIpc) is 3.38. The minimum atomic E-state index is 0.0808. The Labute approximate surface area is 169 Å². The summed E-state index contributed by atoms with van der Waals surface area (Å²) in [5.41, 5.74) is 1.41. The zero-order valence-electron chi connectivity index (χ0n) is 15.9. The van der Waals surface area contributed by atoms with Gasteiger partial charge in [-0.15, -0.1) is 22.7 Å². The molecule has 6 heteroatoms. The fourth-order valence-electron chi connectivity index (χ4n) is 4.12. The van der Waals surface area contributed by atoms with E-state index in [1.807, 2.05) is 0 Å². The highest BCUT2D eigenvalue weighted by Crippen LogP contribution is 2.33. The van der Waals surface area contributed by atoms with Gasteiger partial charge >= 0.3 is 0 Å². The van der Waals surface area contributed by atoms with E-state index in [0.29, 0.717) is 6.54 Å². The number of carbonyl (C=O) groups is 1. The molecule has 4 nitrogen and oxygen atoms in total. The maximum atomic E-state index is 12.8. The molecule has 0 saturated carbocycles. The molecule has 2 aromatic heterocycles. The smallest absolute Gasteiger partial charge is 0.261 e. The number of carbonyl (C=O) groups excluding carboxylic acids is 1. The maximum Gasteiger partial charge on any atom is 0.261 e. The highest BCUT2D eigenvalue weighted by molar-refractivity contribution is 7.14. The normalized spacial score (nSPS) is 21.6. The zero-order chi connectivity index (χ0) is 18.6. The van der Waals surface area contributed by atoms with Crippen LogP contribution in [-0.4, -0.2) is 43.7 Å². The largest absolute Gasteiger partial charge is 0.379 e. The lowest BCUT2D eigenvalue weighted by atomic mass is 9.87. The van der Waals surface area contributed by atoms with Crippen molar-refractivity contribution in [2.75, 3.05) is 32.8 Å². The summed E-state index contributed by atoms with van der Waals surface area (Å²) in [4.78, 5) is 18.9. The number of thiophene rings is 2. The van der Waals surface area contributed by atoms with Gasteiger partial charge in [-0.1, -0.05) is 19.4 Å². The molecule has 146 valence electrons. The van der Waals surface area contributed by atoms with E-state index in [-0.39, 0.29) is 11.9 Å². The number of morpholine rings is 1. The minimum Gasteiger partial charge on any atom is -0.379 e. The predicted molar refractivity (Wildman–Crippen MR) is 112 cm³/mol. The van der Waals surface area contributed by atoms with Gasteiger partial charge in [0.15, 0.2) is 0 Å². The van der Waals surface area contributed by atoms with Crippen molar-refractivity contribution in [3.63, 3.8) is 0 Å². The topological polar surface area (TPSA) is 41.6 Å². The van der Waals surface area contributed by atoms with Crippen molar-refractivity contribution in [2.45, 2.75) is 38.6 Å². The second kappa shape index (κ2) is 8.86. The summed E-state index contributed by atoms with van der Waals surface area (Å²) >= 11 is 3.46. The van der Waals surface area contributed by atoms with Crippen LogP contribution in [0, 0.1) is 5.92 Å². The van der Waals surface area contributed by atoms with Crippen molar-refractivity contribution < 1.29 is 9.53 Å². The van der Waals surface area contributed by atoms with E-state index in [2.05, 4.69) is 40.7 Å². The standard InChI is InChI=1S/C21H28N2O2S2/c1-2-15-5-6-18-16(12-15)13-20(27-18)21(24)22-14-17(19-4-3-11-26-19)23-7-9-25-10-8-23/h3-4,11,13,15,17H,2,5-10,12,14H2,1H3,(H,22,24). The van der Waals surface area contributed by atoms with Crippen molar-refractivity contribution >= 4 is 28.6 Å². The Morgan fingerprint density at radius 1 is 1.41 bits per heavy atom. The summed E-state index contributed by atoms with van der Waals surface area (Å²) in [6.07, 6.45) is 4.78. The van der Waals surface area contributed by atoms with Gasteiger partial charge in [0.05, 0.1) is 24.1 Å². The summed E-state index contributed by atoms with van der Waals surface area (Å²) in [5, 5.41) is 5.33. The van der Waals surface area contributed by atoms with Crippen LogP contribution >= 0.6 is 22.7 Å². The highest BCUT2D eigenvalue weighted by atomic mass is 32.1. The second-order valence-corrected chi connectivity index (χ2v) is 9.58. The lowest BCUT2D eigenvalue weighted by Gasteiger charge is -2.34. The molecule has 1 aliphatic heterocycles. The van der Waals surface area contributed by atoms with Crippen molar-refractivity contribution in [3.8, 4) is 0 Å². The fraction of sp³-hybridized carbons (Fsp3) is 0.571. The fourth-order valence-corrected chi connectivity index (χ4v) is 6.10. The number of nitrogens with zero attached hydrogens (tertiary/aromatic N) is 1. The SMILES string of the molecule is CCC1CCc2sc(C(=O)NCC(c3cccs3)N3CCOCC3)cc2C1. The van der Waals surface area contributed by atoms with Gasteiger partial charge in [-0.05, 0) is 48.3 Å². The van der Waals surface area contributed by atoms with Gasteiger partial charge in [0, 0.05) is 29.4 Å². The maximum absolute atomic E-state index is 12.8. The first kappa shape index (κ1) is 19.1. The lowest BCUT2D eigenvalue weighted by Crippen LogP contribution is -2.43. The molecule has 27 heavy (non-hydrogen) atoms. The molecule has 0 bridgehead atoms. The van der Waals surface area contributed by atoms with Gasteiger partial charge in [-0.3, -0.25) is 9.69 Å². The van der Waals surface area contributed by atoms with Crippen LogP contribution in [0.2, 0.25) is 0 Å². The van der Waals surface area contributed by atoms with E-state index in [9.17, 15) is 4.79 Å². The average molecular weight is 405 g/mol. The van der Waals surface area contributed by atoms with Crippen LogP contribution < -0.4 is 5.32 Å². The number of ether oxygens (including phenoxy) is 1. The van der Waals surface area contributed by atoms with E-state index < -0.39 is 0 Å². The van der Waals surface area contributed by atoms with Crippen LogP contribution in [0.4, 0.5) is 0 Å². The van der Waals surface area contributed by atoms with E-state index >= 15 is 0 Å². The zero-order valence-corrected chi connectivity index (χ0v) is 17.5. The molecular formula is C21H28N2O2S2. The Morgan fingerprint density at radius 3 is 3.00 bits per heavy atom. The molecule has 0 spiro atoms. The summed E-state index contributed by atoms with van der Waals surface area (Å²) in [7, 11) is 0. The molecule has 1 N–H and O–H groups in total. The van der Waals surface area contributed by atoms with Crippen LogP contribution in [0.15, 0.2) is 23.6 Å². The number of amides is 1. The molecule has 4 rings (SSSR count). The highest BCUT2D eigenvalue weighted by Gasteiger charge is 2.26. The number of hydrogen-bond donors (Lipinski definition) is 1. The Morgan fingerprint density at radius 2 is 2.26 bits per heavy atom. The van der Waals surface area contributed by atoms with Crippen molar-refractivity contribution in [1.82, 2.24) is 10.2 Å². The van der Waals surface area contributed by atoms with Gasteiger partial charge in [0.1, 0.15) is 0 Å². The van der Waals surface area contributed by atoms with E-state index in [4.69, 9.17) is 4.74 Å². The van der Waals surface area contributed by atoms with Gasteiger partial charge in [-0.2, -0.15) is 0 Å². The summed E-state index contributed by atoms with van der Waals surface area (Å²) in [5.74, 6) is 0.866. The summed E-state index contributed by atoms with van der Waals surface area (Å²) < 4.78 is 5.50. The molecule has 1 aliphatic carbocycles. The summed E-state index contributed by atoms with van der Waals surface area (Å²) in [6.45, 7) is 6.30. The third-order valence-corrected chi connectivity index (χ3v) is 8.01. The third-order valence-electron chi connectivity index (χ3n) is 5.80. The molecule has 1 saturated heterocycles. The molecule has 0 radical (unpaired) electrons. The first-order valence-corrected chi connectivity index (χ1v) is 11.7. The van der Waals surface area contributed by atoms with Crippen molar-refractivity contribution in [3.05, 3.63) is 43.8 Å². The van der Waals surface area contributed by atoms with Crippen molar-refractivity contribution in [1.29, 1.82) is 0 Å². The molecule has 2 unspecified atom stereocenters. The van der Waals surface area contributed by atoms with E-state index in [1.54, 1.807) is 22.7 Å². The number of nitrogens with one attached hydrogen (secondary N) is 1. The Balaban J connectivity index is 1.42. The first-order valence-electron chi connectivity index (χ1n) is 9.99. The van der Waals surface area contributed by atoms with Gasteiger partial charge in [-0.25, -0.2) is 0 Å². The second-order valence-electron chi connectivity index (χ2n) is 7.47. The van der Waals surface area contributed by atoms with Crippen LogP contribution in [0.5, 0.6) is 0 Å². The van der Waals surface area contributed by atoms with Gasteiger partial charge < -0.3 is 10.1 Å². The van der Waals surface area contributed by atoms with E-state index in [0.717, 1.165) is 49.9 Å². The van der Waals surface area contributed by atoms with Crippen LogP contribution in [-0.2, 0) is 17.6 Å². The predicted octanol–water partition coefficient (Wildman–Crippen LogP) is 4.13. The molecule has 0 aromatic carbocycles. The number of rotatable bonds is 6. The van der Waals surface area contributed by atoms with Crippen molar-refractivity contribution in [2.24, 2.45) is 5.92 Å². The minimum absolute atomic E-state index is 0.0808. The quantitative estimate of drug-likeness (QED) is 0.787. The molecule has 2 aliphatic rings. The molecule has 2 atom stereocenters. The van der Waals surface area contributed by atoms with Gasteiger partial charge in [0.25, 0.3) is 5.91 Å². The lowest BCUT2D eigenvalue weighted by molar-refractivity contribution is 0.0169. The Bertz CT molecular complexity index is 750. The third kappa shape index (κ3) is 4.45. The molecular weight excluding hydrogens is 376 g/mol. The molecule has 3 heterocycles. The summed E-state index contributed by atoms with van der Waals surface area (Å²) in [6, 6.07) is 6.64. The molecule has 1 amide bonds. The monoisotopic (exact) mass is 404 g/mol. The van der Waals surface area contributed by atoms with Crippen LogP contribution in [0.1, 0.15) is 50.8 Å². The number of hydrogen-bond acceptors (Lipinski definition) is 5. The molecule has 1 fully saturated rings. The molecule has 2 aromatic rings. The number of fused-ring (bicyclic) bond motifs is 1. The number of aryl methyl sites for hydroxylation is 1. The first-order chi connectivity index (χ1) is 13.2. The Hall–Kier alpha value is -1.21. The van der Waals surface area contributed by atoms with Crippen LogP contribution in [0.25, 0.3) is 0 Å². The van der Waals surface area contributed by atoms with Gasteiger partial charge in [0.2, 0.25) is 0 Å².